The second kappa shape index (κ2) is 10.9. The number of aliphatic carboxylic acids is 1. The Labute approximate surface area is 221 Å². The average molecular weight is 523 g/mol. The molecule has 1 aliphatic carbocycles. The van der Waals surface area contributed by atoms with E-state index in [4.69, 9.17) is 14.2 Å². The normalized spacial score (nSPS) is 18.6. The molecule has 2 aliphatic rings. The smallest absolute Gasteiger partial charge is 0.306 e. The van der Waals surface area contributed by atoms with Crippen LogP contribution in [0.25, 0.3) is 0 Å². The van der Waals surface area contributed by atoms with Gasteiger partial charge in [-0.1, -0.05) is 18.2 Å². The summed E-state index contributed by atoms with van der Waals surface area (Å²) in [5, 5.41) is 29.1. The summed E-state index contributed by atoms with van der Waals surface area (Å²) < 4.78 is 18.5. The van der Waals surface area contributed by atoms with Crippen LogP contribution in [0.1, 0.15) is 36.1 Å². The van der Waals surface area contributed by atoms with Gasteiger partial charge in [-0.05, 0) is 54.2 Å². The first-order valence-corrected chi connectivity index (χ1v) is 12.9. The Balaban J connectivity index is 1.30. The number of methoxy groups -OCH3 is 1. The Morgan fingerprint density at radius 3 is 2.63 bits per heavy atom. The van der Waals surface area contributed by atoms with E-state index in [9.17, 15) is 20.1 Å². The predicted octanol–water partition coefficient (Wildman–Crippen LogP) is 4.21. The number of hydrogen-bond acceptors (Lipinski definition) is 7. The first kappa shape index (κ1) is 25.8. The van der Waals surface area contributed by atoms with E-state index in [0.717, 1.165) is 17.7 Å². The molecule has 0 bridgehead atoms. The van der Waals surface area contributed by atoms with Gasteiger partial charge in [0.1, 0.15) is 12.4 Å². The number of nitrogens with zero attached hydrogens (tertiary/aromatic N) is 2. The number of hydrogen-bond donors (Lipinski definition) is 3. The molecule has 202 valence electrons. The summed E-state index contributed by atoms with van der Waals surface area (Å²) in [5.41, 5.74) is 3.43. The van der Waals surface area contributed by atoms with Gasteiger partial charge < -0.3 is 29.5 Å². The molecule has 3 unspecified atom stereocenters. The van der Waals surface area contributed by atoms with Crippen molar-refractivity contribution in [2.75, 3.05) is 26.9 Å². The van der Waals surface area contributed by atoms with E-state index in [-0.39, 0.29) is 42.8 Å². The van der Waals surface area contributed by atoms with Crippen LogP contribution in [-0.2, 0) is 24.3 Å². The number of fused-ring (bicyclic) bond motifs is 1. The molecule has 1 saturated carbocycles. The third-order valence-corrected chi connectivity index (χ3v) is 7.57. The highest BCUT2D eigenvalue weighted by Crippen LogP contribution is 2.41. The molecule has 3 N–H and O–H groups in total. The zero-order valence-corrected chi connectivity index (χ0v) is 21.7. The monoisotopic (exact) mass is 522 g/mol. The van der Waals surface area contributed by atoms with Crippen LogP contribution in [0.2, 0.25) is 0 Å². The Hall–Kier alpha value is -3.85. The zero-order chi connectivity index (χ0) is 26.8. The maximum atomic E-state index is 11.5. The maximum Gasteiger partial charge on any atom is 0.306 e. The van der Waals surface area contributed by atoms with E-state index < -0.39 is 5.97 Å². The molecule has 0 amide bonds. The third-order valence-electron chi connectivity index (χ3n) is 7.57. The van der Waals surface area contributed by atoms with Crippen LogP contribution in [0.4, 0.5) is 0 Å². The molecule has 1 aliphatic heterocycles. The fourth-order valence-electron chi connectivity index (χ4n) is 5.18. The van der Waals surface area contributed by atoms with Crippen molar-refractivity contribution in [2.45, 2.75) is 38.9 Å². The number of carboxylic acids is 1. The molecule has 1 aromatic heterocycles. The van der Waals surface area contributed by atoms with E-state index in [1.54, 1.807) is 7.11 Å². The van der Waals surface area contributed by atoms with Crippen molar-refractivity contribution in [1.82, 2.24) is 9.47 Å². The van der Waals surface area contributed by atoms with Gasteiger partial charge in [0.25, 0.3) is 0 Å². The first-order chi connectivity index (χ1) is 18.3. The van der Waals surface area contributed by atoms with Crippen LogP contribution in [0.5, 0.6) is 29.0 Å². The quantitative estimate of drug-likeness (QED) is 0.324. The molecule has 5 rings (SSSR count). The molecule has 9 nitrogen and oxygen atoms in total. The van der Waals surface area contributed by atoms with E-state index in [2.05, 4.69) is 24.0 Å². The minimum Gasteiger partial charge on any atom is -0.494 e. The molecular weight excluding hydrogens is 488 g/mol. The molecule has 2 heterocycles. The van der Waals surface area contributed by atoms with Crippen molar-refractivity contribution >= 4 is 5.97 Å². The summed E-state index contributed by atoms with van der Waals surface area (Å²) in [6.07, 6.45) is 1.61. The number of aromatic hydroxyl groups is 2. The van der Waals surface area contributed by atoms with Crippen LogP contribution in [0.15, 0.2) is 48.5 Å². The van der Waals surface area contributed by atoms with Crippen LogP contribution in [-0.4, -0.2) is 57.6 Å². The molecule has 38 heavy (non-hydrogen) atoms. The second-order valence-electron chi connectivity index (χ2n) is 10.0. The summed E-state index contributed by atoms with van der Waals surface area (Å²) in [5.74, 6) is 1.18. The zero-order valence-electron chi connectivity index (χ0n) is 21.7. The van der Waals surface area contributed by atoms with Crippen LogP contribution in [0.3, 0.4) is 0 Å². The fraction of sp³-hybridized carbons (Fsp3) is 0.414. The van der Waals surface area contributed by atoms with Crippen LogP contribution in [0, 0.1) is 11.8 Å². The largest absolute Gasteiger partial charge is 0.494 e. The lowest BCUT2D eigenvalue weighted by Crippen LogP contribution is -2.29. The van der Waals surface area contributed by atoms with Crippen LogP contribution >= 0.6 is 0 Å². The lowest BCUT2D eigenvalue weighted by Gasteiger charge is -2.30. The fourth-order valence-corrected chi connectivity index (χ4v) is 5.18. The highest BCUT2D eigenvalue weighted by atomic mass is 16.5. The Bertz CT molecular complexity index is 1280. The number of aromatic nitrogens is 1. The van der Waals surface area contributed by atoms with Crippen molar-refractivity contribution in [3.8, 4) is 29.0 Å². The molecule has 3 atom stereocenters. The van der Waals surface area contributed by atoms with Gasteiger partial charge in [0, 0.05) is 37.7 Å². The van der Waals surface area contributed by atoms with Crippen molar-refractivity contribution in [3.05, 3.63) is 65.2 Å². The number of ether oxygens (including phenoxy) is 3. The number of carbonyl (C=O) groups is 1. The molecule has 9 heteroatoms. The highest BCUT2D eigenvalue weighted by Gasteiger charge is 2.44. The SMILES string of the molecule is COc1cc(CN(CC2CC2C(=O)O)C(C)c2ccc3c(c2)CCO3)ccc1OCCn1c(O)ccc1O. The Morgan fingerprint density at radius 2 is 1.92 bits per heavy atom. The minimum absolute atomic E-state index is 0.0284. The molecule has 1 fully saturated rings. The molecule has 3 aromatic rings. The summed E-state index contributed by atoms with van der Waals surface area (Å²) in [6, 6.07) is 15.1. The molecule has 0 saturated heterocycles. The first-order valence-electron chi connectivity index (χ1n) is 12.9. The molecule has 0 radical (unpaired) electrons. The summed E-state index contributed by atoms with van der Waals surface area (Å²) in [4.78, 5) is 13.8. The van der Waals surface area contributed by atoms with Gasteiger partial charge >= 0.3 is 5.97 Å². The van der Waals surface area contributed by atoms with E-state index in [1.165, 1.54) is 27.8 Å². The lowest BCUT2D eigenvalue weighted by atomic mass is 10.0. The number of rotatable bonds is 12. The standard InChI is InChI=1S/C29H34N2O7/c1-18(20-4-6-24-21(14-20)9-11-37-24)30(17-22-15-23(22)29(34)35)16-19-3-5-25(26(13-19)36-2)38-12-10-31-27(32)7-8-28(31)33/h3-8,13-14,18,22-23,32-33H,9-12,15-17H2,1-2H3,(H,34,35). The highest BCUT2D eigenvalue weighted by molar-refractivity contribution is 5.73. The van der Waals surface area contributed by atoms with Crippen molar-refractivity contribution in [3.63, 3.8) is 0 Å². The van der Waals surface area contributed by atoms with Gasteiger partial charge in [0.2, 0.25) is 0 Å². The van der Waals surface area contributed by atoms with Gasteiger partial charge in [0.15, 0.2) is 23.3 Å². The third kappa shape index (κ3) is 5.52. The lowest BCUT2D eigenvalue weighted by molar-refractivity contribution is -0.138. The summed E-state index contributed by atoms with van der Waals surface area (Å²) in [7, 11) is 1.59. The van der Waals surface area contributed by atoms with Crippen molar-refractivity contribution in [1.29, 1.82) is 0 Å². The van der Waals surface area contributed by atoms with Gasteiger partial charge in [-0.3, -0.25) is 14.3 Å². The maximum absolute atomic E-state index is 11.5. The number of carboxylic acid groups (broad SMARTS) is 1. The van der Waals surface area contributed by atoms with E-state index >= 15 is 0 Å². The summed E-state index contributed by atoms with van der Waals surface area (Å²) in [6.45, 7) is 4.70. The van der Waals surface area contributed by atoms with E-state index in [1.807, 2.05) is 24.3 Å². The van der Waals surface area contributed by atoms with Gasteiger partial charge in [-0.15, -0.1) is 0 Å². The number of benzene rings is 2. The van der Waals surface area contributed by atoms with Crippen molar-refractivity contribution < 1.29 is 34.3 Å². The molecule has 2 aromatic carbocycles. The molecule has 0 spiro atoms. The Kier molecular flexibility index (Phi) is 7.37. The molecular formula is C29H34N2O7. The predicted molar refractivity (Wildman–Crippen MR) is 140 cm³/mol. The average Bonchev–Trinajstić information content (AvgIpc) is 3.41. The van der Waals surface area contributed by atoms with Crippen LogP contribution < -0.4 is 14.2 Å². The summed E-state index contributed by atoms with van der Waals surface area (Å²) >= 11 is 0. The van der Waals surface area contributed by atoms with Crippen molar-refractivity contribution in [2.24, 2.45) is 11.8 Å². The van der Waals surface area contributed by atoms with Gasteiger partial charge in [-0.25, -0.2) is 0 Å². The minimum atomic E-state index is -0.720. The topological polar surface area (TPSA) is 114 Å². The second-order valence-corrected chi connectivity index (χ2v) is 10.0. The van der Waals surface area contributed by atoms with Gasteiger partial charge in [-0.2, -0.15) is 0 Å². The Morgan fingerprint density at radius 1 is 1.13 bits per heavy atom. The van der Waals surface area contributed by atoms with E-state index in [0.29, 0.717) is 37.6 Å². The van der Waals surface area contributed by atoms with Gasteiger partial charge in [0.05, 0.1) is 26.2 Å².